The van der Waals surface area contributed by atoms with E-state index in [-0.39, 0.29) is 5.41 Å². The molecule has 0 aliphatic heterocycles. The normalized spacial score (nSPS) is 19.9. The van der Waals surface area contributed by atoms with E-state index in [9.17, 15) is 4.79 Å². The molecule has 0 spiro atoms. The predicted octanol–water partition coefficient (Wildman–Crippen LogP) is 3.90. The van der Waals surface area contributed by atoms with Crippen LogP contribution in [0.1, 0.15) is 47.5 Å². The van der Waals surface area contributed by atoms with Crippen molar-refractivity contribution in [2.75, 3.05) is 0 Å². The topological polar surface area (TPSA) is 17.1 Å². The van der Waals surface area contributed by atoms with Crippen LogP contribution < -0.4 is 0 Å². The minimum atomic E-state index is 0.0187. The Morgan fingerprint density at radius 2 is 2.07 bits per heavy atom. The maximum absolute atomic E-state index is 12.1. The number of hydrogen-bond donors (Lipinski definition) is 0. The molecule has 0 radical (unpaired) electrons. The van der Waals surface area contributed by atoms with E-state index in [4.69, 9.17) is 0 Å². The van der Waals surface area contributed by atoms with Crippen molar-refractivity contribution < 1.29 is 4.79 Å². The summed E-state index contributed by atoms with van der Waals surface area (Å²) in [6.45, 7) is 10.6. The number of hydrogen-bond acceptors (Lipinski definition) is 1. The van der Waals surface area contributed by atoms with Crippen LogP contribution in [0.25, 0.3) is 0 Å². The van der Waals surface area contributed by atoms with Gasteiger partial charge in [0.15, 0.2) is 5.78 Å². The second kappa shape index (κ2) is 4.34. The highest BCUT2D eigenvalue weighted by molar-refractivity contribution is 5.98. The number of ketones is 1. The van der Waals surface area contributed by atoms with Gasteiger partial charge in [-0.1, -0.05) is 39.8 Å². The molecule has 0 amide bonds. The molecule has 0 aromatic heterocycles. The molecular formula is C14H22O. The van der Waals surface area contributed by atoms with Gasteiger partial charge in [-0.15, -0.1) is 0 Å². The number of carbonyl (C=O) groups excluding carboxylic acids is 1. The van der Waals surface area contributed by atoms with Crippen molar-refractivity contribution in [2.45, 2.75) is 47.5 Å². The lowest BCUT2D eigenvalue weighted by Crippen LogP contribution is -2.25. The fourth-order valence-corrected chi connectivity index (χ4v) is 2.32. The van der Waals surface area contributed by atoms with Crippen LogP contribution in [0.15, 0.2) is 23.3 Å². The molecule has 0 aromatic rings. The summed E-state index contributed by atoms with van der Waals surface area (Å²) in [5.41, 5.74) is 2.21. The smallest absolute Gasteiger partial charge is 0.159 e. The van der Waals surface area contributed by atoms with Crippen LogP contribution in [0.2, 0.25) is 0 Å². The molecule has 0 saturated carbocycles. The average Bonchev–Trinajstić information content (AvgIpc) is 1.99. The lowest BCUT2D eigenvalue weighted by Gasteiger charge is -2.30. The van der Waals surface area contributed by atoms with E-state index in [0.29, 0.717) is 18.1 Å². The van der Waals surface area contributed by atoms with Gasteiger partial charge in [-0.3, -0.25) is 4.79 Å². The van der Waals surface area contributed by atoms with Crippen LogP contribution in [0.4, 0.5) is 0 Å². The molecule has 0 atom stereocenters. The Morgan fingerprint density at radius 1 is 1.47 bits per heavy atom. The van der Waals surface area contributed by atoms with E-state index in [0.717, 1.165) is 17.6 Å². The van der Waals surface area contributed by atoms with E-state index in [1.54, 1.807) is 0 Å². The highest BCUT2D eigenvalue weighted by atomic mass is 16.1. The first-order valence-electron chi connectivity index (χ1n) is 5.75. The third kappa shape index (κ3) is 2.80. The molecular weight excluding hydrogens is 184 g/mol. The zero-order chi connectivity index (χ0) is 11.6. The SMILES string of the molecule is CC1=C(C(=O)CC(C)C)C(C)(C)CC=C1. The molecule has 1 aliphatic rings. The van der Waals surface area contributed by atoms with Gasteiger partial charge in [0.25, 0.3) is 0 Å². The van der Waals surface area contributed by atoms with Gasteiger partial charge in [-0.25, -0.2) is 0 Å². The van der Waals surface area contributed by atoms with Gasteiger partial charge in [-0.05, 0) is 30.3 Å². The predicted molar refractivity (Wildman–Crippen MR) is 64.7 cm³/mol. The maximum Gasteiger partial charge on any atom is 0.159 e. The highest BCUT2D eigenvalue weighted by Gasteiger charge is 2.30. The summed E-state index contributed by atoms with van der Waals surface area (Å²) in [6, 6.07) is 0. The molecule has 0 saturated heterocycles. The summed E-state index contributed by atoms with van der Waals surface area (Å²) in [4.78, 5) is 12.1. The summed E-state index contributed by atoms with van der Waals surface area (Å²) in [7, 11) is 0. The van der Waals surface area contributed by atoms with E-state index in [1.807, 2.05) is 6.92 Å². The fraction of sp³-hybridized carbons (Fsp3) is 0.643. The minimum Gasteiger partial charge on any atom is -0.295 e. The number of rotatable bonds is 3. The first-order chi connectivity index (χ1) is 6.84. The maximum atomic E-state index is 12.1. The van der Waals surface area contributed by atoms with Crippen LogP contribution in [0, 0.1) is 11.3 Å². The third-order valence-corrected chi connectivity index (χ3v) is 2.94. The monoisotopic (exact) mass is 206 g/mol. The Morgan fingerprint density at radius 3 is 2.53 bits per heavy atom. The molecule has 1 nitrogen and oxygen atoms in total. The van der Waals surface area contributed by atoms with Gasteiger partial charge in [0.05, 0.1) is 0 Å². The van der Waals surface area contributed by atoms with Gasteiger partial charge < -0.3 is 0 Å². The first kappa shape index (κ1) is 12.2. The Bertz CT molecular complexity index is 316. The van der Waals surface area contributed by atoms with Crippen molar-refractivity contribution in [1.82, 2.24) is 0 Å². The van der Waals surface area contributed by atoms with Crippen molar-refractivity contribution >= 4 is 5.78 Å². The standard InChI is InChI=1S/C14H22O/c1-10(2)9-12(15)13-11(3)7-6-8-14(13,4)5/h6-7,10H,8-9H2,1-5H3. The Kier molecular flexibility index (Phi) is 3.54. The number of allylic oxidation sites excluding steroid dienone is 4. The lowest BCUT2D eigenvalue weighted by molar-refractivity contribution is -0.117. The molecule has 0 unspecified atom stereocenters. The second-order valence-corrected chi connectivity index (χ2v) is 5.57. The quantitative estimate of drug-likeness (QED) is 0.684. The molecule has 0 heterocycles. The van der Waals surface area contributed by atoms with Gasteiger partial charge in [0.1, 0.15) is 0 Å². The molecule has 1 heteroatoms. The zero-order valence-electron chi connectivity index (χ0n) is 10.6. The van der Waals surface area contributed by atoms with Crippen LogP contribution in [0.5, 0.6) is 0 Å². The van der Waals surface area contributed by atoms with Crippen molar-refractivity contribution in [2.24, 2.45) is 11.3 Å². The van der Waals surface area contributed by atoms with E-state index >= 15 is 0 Å². The highest BCUT2D eigenvalue weighted by Crippen LogP contribution is 2.38. The summed E-state index contributed by atoms with van der Waals surface area (Å²) in [5, 5.41) is 0. The summed E-state index contributed by atoms with van der Waals surface area (Å²) in [5.74, 6) is 0.774. The first-order valence-corrected chi connectivity index (χ1v) is 5.75. The molecule has 0 aromatic carbocycles. The largest absolute Gasteiger partial charge is 0.295 e. The molecule has 1 aliphatic carbocycles. The Hall–Kier alpha value is -0.850. The van der Waals surface area contributed by atoms with Crippen molar-refractivity contribution in [3.8, 4) is 0 Å². The third-order valence-electron chi connectivity index (χ3n) is 2.94. The number of carbonyl (C=O) groups is 1. The van der Waals surface area contributed by atoms with Gasteiger partial charge in [-0.2, -0.15) is 0 Å². The molecule has 0 N–H and O–H groups in total. The lowest BCUT2D eigenvalue weighted by atomic mass is 9.73. The van der Waals surface area contributed by atoms with E-state index in [2.05, 4.69) is 39.8 Å². The molecule has 0 fully saturated rings. The molecule has 84 valence electrons. The molecule has 1 rings (SSSR count). The van der Waals surface area contributed by atoms with Gasteiger partial charge in [0, 0.05) is 12.0 Å². The Balaban J connectivity index is 2.98. The van der Waals surface area contributed by atoms with Crippen molar-refractivity contribution in [3.63, 3.8) is 0 Å². The average molecular weight is 206 g/mol. The van der Waals surface area contributed by atoms with Crippen LogP contribution >= 0.6 is 0 Å². The van der Waals surface area contributed by atoms with E-state index < -0.39 is 0 Å². The summed E-state index contributed by atoms with van der Waals surface area (Å²) >= 11 is 0. The summed E-state index contributed by atoms with van der Waals surface area (Å²) < 4.78 is 0. The molecule has 15 heavy (non-hydrogen) atoms. The number of Topliss-reactive ketones (excluding diaryl/α,β-unsaturated/α-hetero) is 1. The van der Waals surface area contributed by atoms with Crippen LogP contribution in [-0.2, 0) is 4.79 Å². The zero-order valence-corrected chi connectivity index (χ0v) is 10.6. The fourth-order valence-electron chi connectivity index (χ4n) is 2.32. The summed E-state index contributed by atoms with van der Waals surface area (Å²) in [6.07, 6.45) is 5.90. The van der Waals surface area contributed by atoms with Crippen LogP contribution in [-0.4, -0.2) is 5.78 Å². The minimum absolute atomic E-state index is 0.0187. The van der Waals surface area contributed by atoms with Gasteiger partial charge in [0.2, 0.25) is 0 Å². The van der Waals surface area contributed by atoms with Gasteiger partial charge >= 0.3 is 0 Å². The Labute approximate surface area is 93.3 Å². The van der Waals surface area contributed by atoms with Crippen molar-refractivity contribution in [3.05, 3.63) is 23.3 Å². The van der Waals surface area contributed by atoms with E-state index in [1.165, 1.54) is 0 Å². The molecule has 0 bridgehead atoms. The van der Waals surface area contributed by atoms with Crippen LogP contribution in [0.3, 0.4) is 0 Å². The van der Waals surface area contributed by atoms with Crippen molar-refractivity contribution in [1.29, 1.82) is 0 Å². The second-order valence-electron chi connectivity index (χ2n) is 5.57.